The van der Waals surface area contributed by atoms with Crippen LogP contribution in [-0.4, -0.2) is 22.9 Å². The zero-order chi connectivity index (χ0) is 11.0. The highest BCUT2D eigenvalue weighted by Gasteiger charge is 2.45. The fourth-order valence-corrected chi connectivity index (χ4v) is 1.99. The van der Waals surface area contributed by atoms with Crippen molar-refractivity contribution in [1.29, 1.82) is 5.26 Å². The third-order valence-electron chi connectivity index (χ3n) is 2.67. The van der Waals surface area contributed by atoms with Gasteiger partial charge in [-0.1, -0.05) is 0 Å². The van der Waals surface area contributed by atoms with Gasteiger partial charge in [0.2, 0.25) is 11.8 Å². The molecule has 0 radical (unpaired) electrons. The van der Waals surface area contributed by atoms with Gasteiger partial charge >= 0.3 is 0 Å². The summed E-state index contributed by atoms with van der Waals surface area (Å²) < 4.78 is 5.29. The first-order chi connectivity index (χ1) is 7.13. The van der Waals surface area contributed by atoms with E-state index >= 15 is 0 Å². The Hall–Kier alpha value is -1.83. The van der Waals surface area contributed by atoms with Crippen LogP contribution in [0.3, 0.4) is 0 Å². The Morgan fingerprint density at radius 2 is 2.47 bits per heavy atom. The van der Waals surface area contributed by atoms with Crippen molar-refractivity contribution >= 4 is 11.8 Å². The fourth-order valence-electron chi connectivity index (χ4n) is 1.99. The summed E-state index contributed by atoms with van der Waals surface area (Å²) in [6.07, 6.45) is 2.02. The normalized spacial score (nSPS) is 28.9. The molecule has 0 unspecified atom stereocenters. The maximum Gasteiger partial charge on any atom is 0.232 e. The van der Waals surface area contributed by atoms with Crippen LogP contribution in [-0.2, 0) is 14.3 Å². The van der Waals surface area contributed by atoms with Crippen molar-refractivity contribution in [2.45, 2.75) is 26.0 Å². The van der Waals surface area contributed by atoms with Gasteiger partial charge in [0.25, 0.3) is 0 Å². The molecule has 5 nitrogen and oxygen atoms in total. The van der Waals surface area contributed by atoms with Crippen molar-refractivity contribution in [2.75, 3.05) is 0 Å². The standard InChI is InChI=1S/C10H10N2O3/c1-6(13)12-9(14)4-7-2-3-8(5-11)15-10(7)12/h3,7,10H,2,4H2,1H3/t7-,10-/m1/s1. The van der Waals surface area contributed by atoms with E-state index in [0.717, 1.165) is 4.90 Å². The van der Waals surface area contributed by atoms with Crippen molar-refractivity contribution in [3.05, 3.63) is 11.8 Å². The molecule has 1 saturated heterocycles. The second-order valence-electron chi connectivity index (χ2n) is 3.67. The van der Waals surface area contributed by atoms with Crippen molar-refractivity contribution in [2.24, 2.45) is 5.92 Å². The Balaban J connectivity index is 2.25. The Labute approximate surface area is 86.9 Å². The SMILES string of the molecule is CC(=O)N1C(=O)C[C@H]2CC=C(C#N)O[C@H]21. The molecule has 5 heteroatoms. The van der Waals surface area contributed by atoms with Crippen molar-refractivity contribution in [1.82, 2.24) is 4.90 Å². The van der Waals surface area contributed by atoms with E-state index in [9.17, 15) is 9.59 Å². The van der Waals surface area contributed by atoms with Gasteiger partial charge in [0, 0.05) is 19.3 Å². The number of allylic oxidation sites excluding steroid dienone is 2. The number of nitrogens with zero attached hydrogens (tertiary/aromatic N) is 2. The lowest BCUT2D eigenvalue weighted by molar-refractivity contribution is -0.150. The number of carbonyl (C=O) groups excluding carboxylic acids is 2. The molecule has 0 N–H and O–H groups in total. The van der Waals surface area contributed by atoms with Gasteiger partial charge in [-0.25, -0.2) is 4.90 Å². The van der Waals surface area contributed by atoms with E-state index in [1.807, 2.05) is 6.07 Å². The Morgan fingerprint density at radius 3 is 3.07 bits per heavy atom. The molecule has 2 amide bonds. The van der Waals surface area contributed by atoms with Gasteiger partial charge in [-0.2, -0.15) is 5.26 Å². The average molecular weight is 206 g/mol. The topological polar surface area (TPSA) is 70.4 Å². The van der Waals surface area contributed by atoms with Crippen LogP contribution in [0.25, 0.3) is 0 Å². The highest BCUT2D eigenvalue weighted by molar-refractivity contribution is 5.96. The first-order valence-corrected chi connectivity index (χ1v) is 4.73. The first-order valence-electron chi connectivity index (χ1n) is 4.73. The molecule has 2 atom stereocenters. The highest BCUT2D eigenvalue weighted by atomic mass is 16.5. The molecule has 0 aliphatic carbocycles. The molecule has 0 aromatic heterocycles. The van der Waals surface area contributed by atoms with E-state index < -0.39 is 6.23 Å². The van der Waals surface area contributed by atoms with Gasteiger partial charge in [-0.3, -0.25) is 9.59 Å². The van der Waals surface area contributed by atoms with Gasteiger partial charge < -0.3 is 4.74 Å². The minimum atomic E-state index is -0.574. The van der Waals surface area contributed by atoms with Crippen LogP contribution in [0.5, 0.6) is 0 Å². The summed E-state index contributed by atoms with van der Waals surface area (Å²) >= 11 is 0. The minimum absolute atomic E-state index is 0.00139. The molecule has 0 bridgehead atoms. The second-order valence-corrected chi connectivity index (χ2v) is 3.67. The molecule has 15 heavy (non-hydrogen) atoms. The maximum absolute atomic E-state index is 11.5. The molecule has 2 aliphatic rings. The summed E-state index contributed by atoms with van der Waals surface area (Å²) in [7, 11) is 0. The second kappa shape index (κ2) is 3.39. The van der Waals surface area contributed by atoms with Gasteiger partial charge in [-0.05, 0) is 12.5 Å². The molecule has 0 spiro atoms. The summed E-state index contributed by atoms with van der Waals surface area (Å²) in [5.41, 5.74) is 0. The number of carbonyl (C=O) groups is 2. The molecular weight excluding hydrogens is 196 g/mol. The zero-order valence-corrected chi connectivity index (χ0v) is 8.27. The Morgan fingerprint density at radius 1 is 1.73 bits per heavy atom. The lowest BCUT2D eigenvalue weighted by Crippen LogP contribution is -2.41. The summed E-state index contributed by atoms with van der Waals surface area (Å²) in [6.45, 7) is 1.33. The molecule has 0 saturated carbocycles. The number of hydrogen-bond acceptors (Lipinski definition) is 4. The molecule has 2 heterocycles. The van der Waals surface area contributed by atoms with Crippen molar-refractivity contribution in [3.63, 3.8) is 0 Å². The van der Waals surface area contributed by atoms with Crippen LogP contribution >= 0.6 is 0 Å². The van der Waals surface area contributed by atoms with Crippen LogP contribution in [0.15, 0.2) is 11.8 Å². The van der Waals surface area contributed by atoms with Gasteiger partial charge in [0.15, 0.2) is 12.0 Å². The van der Waals surface area contributed by atoms with Gasteiger partial charge in [-0.15, -0.1) is 0 Å². The van der Waals surface area contributed by atoms with Gasteiger partial charge in [0.05, 0.1) is 0 Å². The number of imide groups is 1. The number of fused-ring (bicyclic) bond motifs is 1. The number of likely N-dealkylation sites (tertiary alicyclic amines) is 1. The molecule has 1 fully saturated rings. The van der Waals surface area contributed by atoms with Crippen molar-refractivity contribution < 1.29 is 14.3 Å². The zero-order valence-electron chi connectivity index (χ0n) is 8.27. The average Bonchev–Trinajstić information content (AvgIpc) is 2.52. The Kier molecular flexibility index (Phi) is 2.19. The summed E-state index contributed by atoms with van der Waals surface area (Å²) in [4.78, 5) is 23.8. The van der Waals surface area contributed by atoms with Crippen LogP contribution < -0.4 is 0 Å². The highest BCUT2D eigenvalue weighted by Crippen LogP contribution is 2.34. The van der Waals surface area contributed by atoms with E-state index in [0.29, 0.717) is 12.8 Å². The molecular formula is C10H10N2O3. The van der Waals surface area contributed by atoms with E-state index in [1.165, 1.54) is 6.92 Å². The lowest BCUT2D eigenvalue weighted by atomic mass is 10.0. The van der Waals surface area contributed by atoms with Crippen LogP contribution in [0.2, 0.25) is 0 Å². The number of rotatable bonds is 0. The number of hydrogen-bond donors (Lipinski definition) is 0. The summed E-state index contributed by atoms with van der Waals surface area (Å²) in [6, 6.07) is 1.88. The fraction of sp³-hybridized carbons (Fsp3) is 0.500. The number of nitriles is 1. The third-order valence-corrected chi connectivity index (χ3v) is 2.67. The van der Waals surface area contributed by atoms with E-state index in [2.05, 4.69) is 0 Å². The first kappa shape index (κ1) is 9.71. The smallest absolute Gasteiger partial charge is 0.232 e. The largest absolute Gasteiger partial charge is 0.460 e. The number of amides is 2. The van der Waals surface area contributed by atoms with Gasteiger partial charge in [0.1, 0.15) is 6.07 Å². The predicted molar refractivity (Wildman–Crippen MR) is 48.8 cm³/mol. The lowest BCUT2D eigenvalue weighted by Gasteiger charge is -2.28. The Bertz CT molecular complexity index is 394. The molecule has 2 aliphatic heterocycles. The summed E-state index contributed by atoms with van der Waals surface area (Å²) in [5.74, 6) is -0.354. The quantitative estimate of drug-likeness (QED) is 0.579. The van der Waals surface area contributed by atoms with E-state index in [4.69, 9.17) is 10.00 Å². The monoisotopic (exact) mass is 206 g/mol. The predicted octanol–water partition coefficient (Wildman–Crippen LogP) is 0.535. The van der Waals surface area contributed by atoms with Crippen LogP contribution in [0.4, 0.5) is 0 Å². The van der Waals surface area contributed by atoms with E-state index in [-0.39, 0.29) is 23.5 Å². The summed E-state index contributed by atoms with van der Waals surface area (Å²) in [5, 5.41) is 8.67. The third kappa shape index (κ3) is 1.48. The molecule has 2 rings (SSSR count). The maximum atomic E-state index is 11.5. The number of ether oxygens (including phenoxy) is 1. The van der Waals surface area contributed by atoms with Crippen LogP contribution in [0, 0.1) is 17.2 Å². The molecule has 0 aromatic carbocycles. The molecule has 0 aromatic rings. The molecule has 78 valence electrons. The van der Waals surface area contributed by atoms with Crippen molar-refractivity contribution in [3.8, 4) is 6.07 Å². The van der Waals surface area contributed by atoms with Crippen LogP contribution in [0.1, 0.15) is 19.8 Å². The van der Waals surface area contributed by atoms with E-state index in [1.54, 1.807) is 6.08 Å². The minimum Gasteiger partial charge on any atom is -0.460 e.